The first kappa shape index (κ1) is 9.80. The van der Waals surface area contributed by atoms with E-state index in [2.05, 4.69) is 33.2 Å². The van der Waals surface area contributed by atoms with Crippen LogP contribution >= 0.6 is 39.0 Å². The molecular formula is C8H11BrN2S2. The zero-order valence-corrected chi connectivity index (χ0v) is 10.5. The Balaban J connectivity index is 1.97. The second-order valence-electron chi connectivity index (χ2n) is 3.24. The van der Waals surface area contributed by atoms with Gasteiger partial charge < -0.3 is 5.32 Å². The summed E-state index contributed by atoms with van der Waals surface area (Å²) >= 11 is 7.03. The van der Waals surface area contributed by atoms with Gasteiger partial charge in [-0.05, 0) is 27.6 Å². The van der Waals surface area contributed by atoms with Crippen LogP contribution in [0.15, 0.2) is 9.98 Å². The second kappa shape index (κ2) is 4.19. The molecule has 72 valence electrons. The first-order valence-electron chi connectivity index (χ1n) is 4.21. The van der Waals surface area contributed by atoms with E-state index in [0.29, 0.717) is 6.04 Å². The van der Waals surface area contributed by atoms with Gasteiger partial charge in [-0.25, -0.2) is 4.98 Å². The van der Waals surface area contributed by atoms with Crippen LogP contribution in [0.5, 0.6) is 0 Å². The lowest BCUT2D eigenvalue weighted by Gasteiger charge is -2.14. The van der Waals surface area contributed by atoms with Gasteiger partial charge in [0.2, 0.25) is 0 Å². The number of hydrogen-bond acceptors (Lipinski definition) is 4. The fourth-order valence-corrected chi connectivity index (χ4v) is 3.94. The summed E-state index contributed by atoms with van der Waals surface area (Å²) in [5.41, 5.74) is 0. The minimum Gasteiger partial charge on any atom is -0.358 e. The summed E-state index contributed by atoms with van der Waals surface area (Å²) in [6, 6.07) is 0.600. The predicted octanol–water partition coefficient (Wildman–Crippen LogP) is 3.07. The predicted molar refractivity (Wildman–Crippen MR) is 63.7 cm³/mol. The molecule has 1 aromatic heterocycles. The standard InChI is InChI=1S/C8H11BrN2S2/c1-5-2-12-3-6(5)10-8-11-7(9)4-13-8/h4-6H,2-3H2,1H3,(H,10,11). The van der Waals surface area contributed by atoms with Gasteiger partial charge in [0.1, 0.15) is 4.60 Å². The van der Waals surface area contributed by atoms with Crippen molar-refractivity contribution in [3.05, 3.63) is 9.98 Å². The van der Waals surface area contributed by atoms with Gasteiger partial charge >= 0.3 is 0 Å². The van der Waals surface area contributed by atoms with Crippen molar-refractivity contribution in [2.75, 3.05) is 16.8 Å². The van der Waals surface area contributed by atoms with Gasteiger partial charge in [0.15, 0.2) is 5.13 Å². The van der Waals surface area contributed by atoms with E-state index in [0.717, 1.165) is 15.7 Å². The molecular weight excluding hydrogens is 268 g/mol. The number of rotatable bonds is 2. The van der Waals surface area contributed by atoms with Crippen molar-refractivity contribution in [3.63, 3.8) is 0 Å². The van der Waals surface area contributed by atoms with Gasteiger partial charge in [0, 0.05) is 17.2 Å². The molecule has 2 nitrogen and oxygen atoms in total. The highest BCUT2D eigenvalue weighted by atomic mass is 79.9. The van der Waals surface area contributed by atoms with Gasteiger partial charge in [0.25, 0.3) is 0 Å². The van der Waals surface area contributed by atoms with E-state index in [1.165, 1.54) is 11.5 Å². The fraction of sp³-hybridized carbons (Fsp3) is 0.625. The van der Waals surface area contributed by atoms with Crippen LogP contribution in [0, 0.1) is 5.92 Å². The number of halogens is 1. The van der Waals surface area contributed by atoms with Crippen LogP contribution in [0.25, 0.3) is 0 Å². The Labute approximate surface area is 94.7 Å². The summed E-state index contributed by atoms with van der Waals surface area (Å²) in [5.74, 6) is 3.23. The maximum atomic E-state index is 4.32. The Morgan fingerprint density at radius 3 is 3.00 bits per heavy atom. The van der Waals surface area contributed by atoms with E-state index in [1.54, 1.807) is 11.3 Å². The van der Waals surface area contributed by atoms with Crippen LogP contribution in [0.3, 0.4) is 0 Å². The van der Waals surface area contributed by atoms with E-state index >= 15 is 0 Å². The van der Waals surface area contributed by atoms with Gasteiger partial charge in [-0.15, -0.1) is 11.3 Å². The SMILES string of the molecule is CC1CSCC1Nc1nc(Br)cs1. The van der Waals surface area contributed by atoms with Crippen LogP contribution in [0.1, 0.15) is 6.92 Å². The minimum atomic E-state index is 0.600. The normalized spacial score (nSPS) is 27.8. The number of nitrogens with zero attached hydrogens (tertiary/aromatic N) is 1. The molecule has 2 heterocycles. The van der Waals surface area contributed by atoms with Gasteiger partial charge in [-0.2, -0.15) is 11.8 Å². The van der Waals surface area contributed by atoms with E-state index in [9.17, 15) is 0 Å². The molecule has 1 aliphatic heterocycles. The molecule has 0 saturated carbocycles. The van der Waals surface area contributed by atoms with Crippen molar-refractivity contribution in [1.82, 2.24) is 4.98 Å². The minimum absolute atomic E-state index is 0.600. The van der Waals surface area contributed by atoms with E-state index < -0.39 is 0 Å². The number of nitrogens with one attached hydrogen (secondary N) is 1. The maximum Gasteiger partial charge on any atom is 0.183 e. The number of aromatic nitrogens is 1. The molecule has 2 unspecified atom stereocenters. The lowest BCUT2D eigenvalue weighted by Crippen LogP contribution is -2.25. The molecule has 2 rings (SSSR count). The second-order valence-corrected chi connectivity index (χ2v) is 5.99. The summed E-state index contributed by atoms with van der Waals surface area (Å²) in [5, 5.41) is 6.51. The van der Waals surface area contributed by atoms with Gasteiger partial charge in [-0.3, -0.25) is 0 Å². The molecule has 0 spiro atoms. The molecule has 1 aliphatic rings. The Kier molecular flexibility index (Phi) is 3.16. The maximum absolute atomic E-state index is 4.32. The molecule has 0 aliphatic carbocycles. The van der Waals surface area contributed by atoms with Crippen molar-refractivity contribution in [2.24, 2.45) is 5.92 Å². The van der Waals surface area contributed by atoms with Crippen molar-refractivity contribution in [1.29, 1.82) is 0 Å². The van der Waals surface area contributed by atoms with E-state index in [1.807, 2.05) is 17.1 Å². The molecule has 0 amide bonds. The molecule has 1 fully saturated rings. The number of anilines is 1. The van der Waals surface area contributed by atoms with Crippen molar-refractivity contribution in [3.8, 4) is 0 Å². The topological polar surface area (TPSA) is 24.9 Å². The highest BCUT2D eigenvalue weighted by Gasteiger charge is 2.24. The third kappa shape index (κ3) is 2.39. The zero-order chi connectivity index (χ0) is 9.26. The third-order valence-corrected chi connectivity index (χ3v) is 4.99. The highest BCUT2D eigenvalue weighted by Crippen LogP contribution is 2.28. The van der Waals surface area contributed by atoms with Gasteiger partial charge in [-0.1, -0.05) is 6.92 Å². The molecule has 1 aromatic rings. The van der Waals surface area contributed by atoms with Crippen molar-refractivity contribution in [2.45, 2.75) is 13.0 Å². The Morgan fingerprint density at radius 1 is 1.62 bits per heavy atom. The lowest BCUT2D eigenvalue weighted by atomic mass is 10.1. The molecule has 1 saturated heterocycles. The van der Waals surface area contributed by atoms with E-state index in [-0.39, 0.29) is 0 Å². The molecule has 13 heavy (non-hydrogen) atoms. The van der Waals surface area contributed by atoms with Crippen molar-refractivity contribution < 1.29 is 0 Å². The van der Waals surface area contributed by atoms with Crippen LogP contribution < -0.4 is 5.32 Å². The third-order valence-electron chi connectivity index (χ3n) is 2.15. The summed E-state index contributed by atoms with van der Waals surface area (Å²) in [6.45, 7) is 2.29. The van der Waals surface area contributed by atoms with Crippen LogP contribution in [0.4, 0.5) is 5.13 Å². The van der Waals surface area contributed by atoms with Gasteiger partial charge in [0.05, 0.1) is 0 Å². The highest BCUT2D eigenvalue weighted by molar-refractivity contribution is 9.10. The zero-order valence-electron chi connectivity index (χ0n) is 7.29. The molecule has 5 heteroatoms. The summed E-state index contributed by atoms with van der Waals surface area (Å²) < 4.78 is 0.929. The summed E-state index contributed by atoms with van der Waals surface area (Å²) in [4.78, 5) is 4.32. The fourth-order valence-electron chi connectivity index (χ4n) is 1.32. The lowest BCUT2D eigenvalue weighted by molar-refractivity contribution is 0.599. The monoisotopic (exact) mass is 278 g/mol. The number of thiazole rings is 1. The Bertz CT molecular complexity index is 289. The molecule has 0 aromatic carbocycles. The molecule has 0 radical (unpaired) electrons. The first-order valence-corrected chi connectivity index (χ1v) is 7.04. The molecule has 0 bridgehead atoms. The smallest absolute Gasteiger partial charge is 0.183 e. The number of hydrogen-bond donors (Lipinski definition) is 1. The van der Waals surface area contributed by atoms with Crippen LogP contribution in [-0.4, -0.2) is 22.5 Å². The van der Waals surface area contributed by atoms with E-state index in [4.69, 9.17) is 0 Å². The summed E-state index contributed by atoms with van der Waals surface area (Å²) in [7, 11) is 0. The van der Waals surface area contributed by atoms with Crippen LogP contribution in [0.2, 0.25) is 0 Å². The molecule has 2 atom stereocenters. The van der Waals surface area contributed by atoms with Crippen LogP contribution in [-0.2, 0) is 0 Å². The van der Waals surface area contributed by atoms with Crippen molar-refractivity contribution >= 4 is 44.2 Å². The number of thioether (sulfide) groups is 1. The average Bonchev–Trinajstić information content (AvgIpc) is 2.64. The summed E-state index contributed by atoms with van der Waals surface area (Å²) in [6.07, 6.45) is 0. The average molecular weight is 279 g/mol. The first-order chi connectivity index (χ1) is 6.25. The molecule has 1 N–H and O–H groups in total. The Hall–Kier alpha value is 0.260. The largest absolute Gasteiger partial charge is 0.358 e. The quantitative estimate of drug-likeness (QED) is 0.900. The Morgan fingerprint density at radius 2 is 2.46 bits per heavy atom.